The van der Waals surface area contributed by atoms with Gasteiger partial charge < -0.3 is 10.6 Å². The summed E-state index contributed by atoms with van der Waals surface area (Å²) in [6, 6.07) is 5.28. The molecule has 4 rings (SSSR count). The maximum atomic E-state index is 13.5. The van der Waals surface area contributed by atoms with Crippen LogP contribution in [-0.4, -0.2) is 57.4 Å². The summed E-state index contributed by atoms with van der Waals surface area (Å²) in [6.07, 6.45) is 5.96. The third-order valence-corrected chi connectivity index (χ3v) is 5.74. The van der Waals surface area contributed by atoms with Crippen LogP contribution in [-0.2, 0) is 0 Å². The molecule has 3 heterocycles. The van der Waals surface area contributed by atoms with Crippen molar-refractivity contribution in [3.05, 3.63) is 64.6 Å². The van der Waals surface area contributed by atoms with Gasteiger partial charge >= 0.3 is 0 Å². The van der Waals surface area contributed by atoms with Gasteiger partial charge in [-0.1, -0.05) is 37.6 Å². The molecule has 3 aromatic rings. The third-order valence-electron chi connectivity index (χ3n) is 5.54. The normalized spacial score (nSPS) is 15.2. The summed E-state index contributed by atoms with van der Waals surface area (Å²) in [5.74, 6) is -0.286. The molecule has 174 valence electrons. The second kappa shape index (κ2) is 9.84. The summed E-state index contributed by atoms with van der Waals surface area (Å²) in [6.45, 7) is 7.97. The summed E-state index contributed by atoms with van der Waals surface area (Å²) < 4.78 is 28.8. The summed E-state index contributed by atoms with van der Waals surface area (Å²) in [5.41, 5.74) is 8.32. The van der Waals surface area contributed by atoms with Gasteiger partial charge in [-0.3, -0.25) is 4.90 Å². The number of anilines is 2. The van der Waals surface area contributed by atoms with Crippen LogP contribution in [0.1, 0.15) is 31.0 Å². The predicted octanol–water partition coefficient (Wildman–Crippen LogP) is 4.13. The summed E-state index contributed by atoms with van der Waals surface area (Å²) in [7, 11) is 0. The standard InChI is InChI=1S/C23H26ClF2N7/c1-15(2)22-16(14-28-33(22)21-13-20(24)29-23(27)30-21)4-3-5-31-6-8-32(9-7-31)19-11-17(25)10-18(26)12-19/h3-4,10-15H,5-9H2,1-2H3,(H2,27,29,30). The average Bonchev–Trinajstić information content (AvgIpc) is 3.17. The van der Waals surface area contributed by atoms with Crippen LogP contribution in [0.25, 0.3) is 11.9 Å². The highest BCUT2D eigenvalue weighted by Gasteiger charge is 2.19. The Bertz CT molecular complexity index is 1110. The van der Waals surface area contributed by atoms with Crippen LogP contribution < -0.4 is 10.6 Å². The lowest BCUT2D eigenvalue weighted by Gasteiger charge is -2.35. The molecule has 1 saturated heterocycles. The van der Waals surface area contributed by atoms with E-state index in [9.17, 15) is 8.78 Å². The minimum Gasteiger partial charge on any atom is -0.369 e. The Labute approximate surface area is 196 Å². The topological polar surface area (TPSA) is 76.1 Å². The zero-order chi connectivity index (χ0) is 23.5. The molecule has 10 heteroatoms. The van der Waals surface area contributed by atoms with Crippen molar-refractivity contribution >= 4 is 29.3 Å². The third kappa shape index (κ3) is 5.48. The molecule has 0 aliphatic carbocycles. The van der Waals surface area contributed by atoms with E-state index in [1.54, 1.807) is 16.9 Å². The van der Waals surface area contributed by atoms with Gasteiger partial charge in [0.05, 0.1) is 11.9 Å². The van der Waals surface area contributed by atoms with Crippen molar-refractivity contribution in [2.24, 2.45) is 0 Å². The predicted molar refractivity (Wildman–Crippen MR) is 127 cm³/mol. The van der Waals surface area contributed by atoms with Gasteiger partial charge in [0.25, 0.3) is 0 Å². The first-order valence-electron chi connectivity index (χ1n) is 10.8. The Morgan fingerprint density at radius 3 is 2.39 bits per heavy atom. The van der Waals surface area contributed by atoms with Gasteiger partial charge in [-0.05, 0) is 18.1 Å². The van der Waals surface area contributed by atoms with Gasteiger partial charge in [0.2, 0.25) is 5.95 Å². The van der Waals surface area contributed by atoms with Gasteiger partial charge in [0.1, 0.15) is 16.8 Å². The number of hydrogen-bond donors (Lipinski definition) is 1. The van der Waals surface area contributed by atoms with Gasteiger partial charge in [-0.2, -0.15) is 10.1 Å². The molecule has 1 aliphatic rings. The number of aromatic nitrogens is 4. The Balaban J connectivity index is 1.41. The molecule has 1 aromatic carbocycles. The van der Waals surface area contributed by atoms with Gasteiger partial charge in [-0.25, -0.2) is 18.4 Å². The van der Waals surface area contributed by atoms with Gasteiger partial charge in [0.15, 0.2) is 5.82 Å². The molecule has 2 N–H and O–H groups in total. The lowest BCUT2D eigenvalue weighted by Crippen LogP contribution is -2.46. The Hall–Kier alpha value is -3.04. The molecule has 0 bridgehead atoms. The highest BCUT2D eigenvalue weighted by atomic mass is 35.5. The second-order valence-corrected chi connectivity index (χ2v) is 8.66. The lowest BCUT2D eigenvalue weighted by atomic mass is 10.1. The van der Waals surface area contributed by atoms with Gasteiger partial charge in [-0.15, -0.1) is 0 Å². The fraction of sp³-hybridized carbons (Fsp3) is 0.348. The minimum absolute atomic E-state index is 0.0971. The summed E-state index contributed by atoms with van der Waals surface area (Å²) in [5, 5.41) is 4.76. The molecular formula is C23H26ClF2N7. The van der Waals surface area contributed by atoms with Crippen LogP contribution in [0.5, 0.6) is 0 Å². The number of nitrogen functional groups attached to an aromatic ring is 1. The molecule has 2 aromatic heterocycles. The van der Waals surface area contributed by atoms with Crippen LogP contribution in [0.2, 0.25) is 5.15 Å². The highest BCUT2D eigenvalue weighted by molar-refractivity contribution is 6.29. The first kappa shape index (κ1) is 23.1. The highest BCUT2D eigenvalue weighted by Crippen LogP contribution is 2.25. The molecule has 0 saturated carbocycles. The molecular weight excluding hydrogens is 448 g/mol. The number of nitrogens with two attached hydrogens (primary N) is 1. The first-order valence-corrected chi connectivity index (χ1v) is 11.2. The number of halogens is 3. The number of piperazine rings is 1. The van der Waals surface area contributed by atoms with E-state index in [0.717, 1.165) is 37.0 Å². The molecule has 0 spiro atoms. The van der Waals surface area contributed by atoms with E-state index in [-0.39, 0.29) is 17.0 Å². The Kier molecular flexibility index (Phi) is 6.90. The number of nitrogens with zero attached hydrogens (tertiary/aromatic N) is 6. The molecule has 7 nitrogen and oxygen atoms in total. The van der Waals surface area contributed by atoms with E-state index in [0.29, 0.717) is 24.6 Å². The molecule has 0 amide bonds. The SMILES string of the molecule is CC(C)c1c(C=CCN2CCN(c3cc(F)cc(F)c3)CC2)cnn1-c1cc(Cl)nc(N)n1. The zero-order valence-electron chi connectivity index (χ0n) is 18.5. The molecule has 0 atom stereocenters. The van der Waals surface area contributed by atoms with Crippen LogP contribution in [0.15, 0.2) is 36.5 Å². The van der Waals surface area contributed by atoms with Crippen LogP contribution in [0, 0.1) is 11.6 Å². The number of benzene rings is 1. The van der Waals surface area contributed by atoms with E-state index in [2.05, 4.69) is 46.0 Å². The minimum atomic E-state index is -0.552. The fourth-order valence-electron chi connectivity index (χ4n) is 4.03. The van der Waals surface area contributed by atoms with E-state index in [4.69, 9.17) is 17.3 Å². The molecule has 1 aliphatic heterocycles. The fourth-order valence-corrected chi connectivity index (χ4v) is 4.21. The maximum Gasteiger partial charge on any atom is 0.223 e. The van der Waals surface area contributed by atoms with Crippen LogP contribution in [0.4, 0.5) is 20.4 Å². The smallest absolute Gasteiger partial charge is 0.223 e. The van der Waals surface area contributed by atoms with Crippen molar-refractivity contribution in [1.29, 1.82) is 0 Å². The largest absolute Gasteiger partial charge is 0.369 e. The number of hydrogen-bond acceptors (Lipinski definition) is 6. The Morgan fingerprint density at radius 1 is 1.06 bits per heavy atom. The van der Waals surface area contributed by atoms with Crippen molar-refractivity contribution in [1.82, 2.24) is 24.6 Å². The van der Waals surface area contributed by atoms with E-state index in [1.165, 1.54) is 12.1 Å². The van der Waals surface area contributed by atoms with E-state index >= 15 is 0 Å². The molecule has 0 radical (unpaired) electrons. The molecule has 33 heavy (non-hydrogen) atoms. The maximum absolute atomic E-state index is 13.5. The number of rotatable bonds is 6. The van der Waals surface area contributed by atoms with Crippen molar-refractivity contribution in [3.8, 4) is 5.82 Å². The van der Waals surface area contributed by atoms with E-state index < -0.39 is 11.6 Å². The average molecular weight is 474 g/mol. The van der Waals surface area contributed by atoms with Crippen molar-refractivity contribution in [2.75, 3.05) is 43.4 Å². The van der Waals surface area contributed by atoms with Crippen molar-refractivity contribution < 1.29 is 8.78 Å². The molecule has 0 unspecified atom stereocenters. The van der Waals surface area contributed by atoms with Crippen LogP contribution >= 0.6 is 11.6 Å². The zero-order valence-corrected chi connectivity index (χ0v) is 19.3. The first-order chi connectivity index (χ1) is 15.8. The van der Waals surface area contributed by atoms with E-state index in [1.807, 2.05) is 4.90 Å². The lowest BCUT2D eigenvalue weighted by molar-refractivity contribution is 0.284. The quantitative estimate of drug-likeness (QED) is 0.542. The Morgan fingerprint density at radius 2 is 1.76 bits per heavy atom. The summed E-state index contributed by atoms with van der Waals surface area (Å²) >= 11 is 6.04. The van der Waals surface area contributed by atoms with Gasteiger partial charge in [0, 0.05) is 56.1 Å². The molecule has 1 fully saturated rings. The second-order valence-electron chi connectivity index (χ2n) is 8.28. The van der Waals surface area contributed by atoms with Crippen molar-refractivity contribution in [2.45, 2.75) is 19.8 Å². The van der Waals surface area contributed by atoms with Crippen molar-refractivity contribution in [3.63, 3.8) is 0 Å². The van der Waals surface area contributed by atoms with Crippen LogP contribution in [0.3, 0.4) is 0 Å². The monoisotopic (exact) mass is 473 g/mol. The summed E-state index contributed by atoms with van der Waals surface area (Å²) in [4.78, 5) is 12.5.